The summed E-state index contributed by atoms with van der Waals surface area (Å²) >= 11 is 0. The van der Waals surface area contributed by atoms with E-state index in [0.717, 1.165) is 16.2 Å². The second-order valence-electron chi connectivity index (χ2n) is 4.94. The molecule has 0 bridgehead atoms. The lowest BCUT2D eigenvalue weighted by Crippen LogP contribution is -1.96. The molecule has 110 valence electrons. The zero-order chi connectivity index (χ0) is 15.4. The molecule has 0 aliphatic carbocycles. The van der Waals surface area contributed by atoms with Crippen molar-refractivity contribution in [3.05, 3.63) is 79.0 Å². The van der Waals surface area contributed by atoms with Crippen molar-refractivity contribution in [3.8, 4) is 11.3 Å². The monoisotopic (exact) mass is 308 g/mol. The number of pyridine rings is 1. The van der Waals surface area contributed by atoms with Crippen LogP contribution in [0.5, 0.6) is 0 Å². The van der Waals surface area contributed by atoms with Crippen molar-refractivity contribution >= 4 is 15.4 Å². The van der Waals surface area contributed by atoms with Crippen molar-refractivity contribution in [2.24, 2.45) is 4.36 Å². The van der Waals surface area contributed by atoms with E-state index in [4.69, 9.17) is 0 Å². The Bertz CT molecular complexity index is 883. The van der Waals surface area contributed by atoms with Gasteiger partial charge in [-0.2, -0.15) is 4.36 Å². The molecule has 0 aliphatic heterocycles. The molecule has 0 saturated heterocycles. The summed E-state index contributed by atoms with van der Waals surface area (Å²) in [6, 6.07) is 22.7. The fourth-order valence-electron chi connectivity index (χ4n) is 2.21. The minimum absolute atomic E-state index is 0.692. The van der Waals surface area contributed by atoms with Gasteiger partial charge >= 0.3 is 0 Å². The van der Waals surface area contributed by atoms with Gasteiger partial charge in [0.15, 0.2) is 0 Å². The van der Waals surface area contributed by atoms with E-state index in [-0.39, 0.29) is 0 Å². The summed E-state index contributed by atoms with van der Waals surface area (Å²) in [7, 11) is -2.50. The van der Waals surface area contributed by atoms with Gasteiger partial charge in [0, 0.05) is 22.9 Å². The third-order valence-electron chi connectivity index (χ3n) is 3.30. The maximum Gasteiger partial charge on any atom is 0.0827 e. The van der Waals surface area contributed by atoms with E-state index < -0.39 is 9.73 Å². The number of aromatic nitrogens is 1. The van der Waals surface area contributed by atoms with Gasteiger partial charge in [0.1, 0.15) is 0 Å². The Labute approximate surface area is 130 Å². The van der Waals surface area contributed by atoms with Crippen LogP contribution in [0.25, 0.3) is 11.3 Å². The highest BCUT2D eigenvalue weighted by Crippen LogP contribution is 2.30. The lowest BCUT2D eigenvalue weighted by molar-refractivity contribution is 0.681. The minimum Gasteiger partial charge on any atom is -0.256 e. The Balaban J connectivity index is 2.15. The zero-order valence-corrected chi connectivity index (χ0v) is 13.0. The molecule has 0 spiro atoms. The van der Waals surface area contributed by atoms with Crippen molar-refractivity contribution in [1.82, 2.24) is 4.98 Å². The van der Waals surface area contributed by atoms with E-state index in [9.17, 15) is 4.21 Å². The number of hydrogen-bond donors (Lipinski definition) is 0. The van der Waals surface area contributed by atoms with Crippen molar-refractivity contribution < 1.29 is 4.21 Å². The van der Waals surface area contributed by atoms with Gasteiger partial charge in [0.2, 0.25) is 0 Å². The second-order valence-corrected chi connectivity index (χ2v) is 7.20. The molecule has 1 unspecified atom stereocenters. The molecule has 1 atom stereocenters. The van der Waals surface area contributed by atoms with Crippen LogP contribution in [0.3, 0.4) is 0 Å². The van der Waals surface area contributed by atoms with E-state index in [0.29, 0.717) is 5.69 Å². The summed E-state index contributed by atoms with van der Waals surface area (Å²) in [5.41, 5.74) is 2.40. The van der Waals surface area contributed by atoms with Crippen LogP contribution in [-0.2, 0) is 9.73 Å². The third-order valence-corrected chi connectivity index (χ3v) is 4.99. The molecule has 0 fully saturated rings. The summed E-state index contributed by atoms with van der Waals surface area (Å²) in [5, 5.41) is 0. The molecule has 3 nitrogen and oxygen atoms in total. The summed E-state index contributed by atoms with van der Waals surface area (Å²) in [5.74, 6) is 0. The average molecular weight is 308 g/mol. The molecule has 0 N–H and O–H groups in total. The Morgan fingerprint density at radius 3 is 2.27 bits per heavy atom. The molecule has 0 amide bonds. The van der Waals surface area contributed by atoms with Crippen molar-refractivity contribution in [3.63, 3.8) is 0 Å². The fourth-order valence-corrected chi connectivity index (χ4v) is 3.51. The van der Waals surface area contributed by atoms with Crippen LogP contribution in [0.15, 0.2) is 88.3 Å². The fraction of sp³-hybridized carbons (Fsp3) is 0.0556. The maximum absolute atomic E-state index is 13.0. The first kappa shape index (κ1) is 14.5. The summed E-state index contributed by atoms with van der Waals surface area (Å²) in [6.45, 7) is 0. The van der Waals surface area contributed by atoms with Gasteiger partial charge in [-0.15, -0.1) is 0 Å². The average Bonchev–Trinajstić information content (AvgIpc) is 2.57. The molecule has 3 aromatic rings. The molecule has 4 heteroatoms. The van der Waals surface area contributed by atoms with Crippen LogP contribution < -0.4 is 0 Å². The van der Waals surface area contributed by atoms with E-state index in [1.807, 2.05) is 72.8 Å². The van der Waals surface area contributed by atoms with Gasteiger partial charge < -0.3 is 0 Å². The van der Waals surface area contributed by atoms with Crippen LogP contribution in [0.4, 0.5) is 5.69 Å². The van der Waals surface area contributed by atoms with Gasteiger partial charge in [-0.05, 0) is 30.3 Å². The van der Waals surface area contributed by atoms with Gasteiger partial charge in [0.05, 0.1) is 21.1 Å². The number of nitrogens with zero attached hydrogens (tertiary/aromatic N) is 2. The highest BCUT2D eigenvalue weighted by molar-refractivity contribution is 7.93. The molecular weight excluding hydrogens is 292 g/mol. The Morgan fingerprint density at radius 1 is 0.864 bits per heavy atom. The van der Waals surface area contributed by atoms with Crippen LogP contribution in [0.1, 0.15) is 0 Å². The van der Waals surface area contributed by atoms with E-state index in [1.165, 1.54) is 0 Å². The molecule has 2 aromatic carbocycles. The van der Waals surface area contributed by atoms with E-state index >= 15 is 0 Å². The molecule has 22 heavy (non-hydrogen) atoms. The van der Waals surface area contributed by atoms with E-state index in [2.05, 4.69) is 9.35 Å². The van der Waals surface area contributed by atoms with E-state index in [1.54, 1.807) is 12.5 Å². The second kappa shape index (κ2) is 6.12. The summed E-state index contributed by atoms with van der Waals surface area (Å²) in [6.07, 6.45) is 3.41. The first-order valence-corrected chi connectivity index (χ1v) is 8.87. The topological polar surface area (TPSA) is 42.3 Å². The van der Waals surface area contributed by atoms with Crippen molar-refractivity contribution in [2.45, 2.75) is 4.90 Å². The molecule has 0 radical (unpaired) electrons. The van der Waals surface area contributed by atoms with Gasteiger partial charge in [0.25, 0.3) is 0 Å². The SMILES string of the molecule is CS(=O)(=Nc1ccccc1-c1ccccn1)c1ccccc1. The number of hydrogen-bond acceptors (Lipinski definition) is 3. The highest BCUT2D eigenvalue weighted by atomic mass is 32.2. The molecule has 1 heterocycles. The predicted molar refractivity (Wildman–Crippen MR) is 90.5 cm³/mol. The van der Waals surface area contributed by atoms with Gasteiger partial charge in [-0.1, -0.05) is 42.5 Å². The quantitative estimate of drug-likeness (QED) is 0.713. The minimum atomic E-state index is -2.50. The maximum atomic E-state index is 13.0. The first-order valence-electron chi connectivity index (χ1n) is 6.94. The number of benzene rings is 2. The Hall–Kier alpha value is -2.46. The predicted octanol–water partition coefficient (Wildman–Crippen LogP) is 4.54. The molecule has 0 aliphatic rings. The van der Waals surface area contributed by atoms with Gasteiger partial charge in [-0.3, -0.25) is 4.98 Å². The van der Waals surface area contributed by atoms with Crippen LogP contribution in [0.2, 0.25) is 0 Å². The smallest absolute Gasteiger partial charge is 0.0827 e. The number of rotatable bonds is 3. The molecular formula is C18H16N2OS. The standard InChI is InChI=1S/C18H16N2OS/c1-22(21,15-9-3-2-4-10-15)20-18-13-6-5-11-16(18)17-12-7-8-14-19-17/h2-14H,1H3. The summed E-state index contributed by atoms with van der Waals surface area (Å²) in [4.78, 5) is 5.09. The van der Waals surface area contributed by atoms with Crippen molar-refractivity contribution in [1.29, 1.82) is 0 Å². The first-order chi connectivity index (χ1) is 10.7. The lowest BCUT2D eigenvalue weighted by Gasteiger charge is -2.08. The molecule has 0 saturated carbocycles. The lowest BCUT2D eigenvalue weighted by atomic mass is 10.1. The normalized spacial score (nSPS) is 13.3. The third kappa shape index (κ3) is 3.07. The highest BCUT2D eigenvalue weighted by Gasteiger charge is 2.09. The molecule has 3 rings (SSSR count). The van der Waals surface area contributed by atoms with Crippen molar-refractivity contribution in [2.75, 3.05) is 6.26 Å². The van der Waals surface area contributed by atoms with Crippen LogP contribution in [0, 0.1) is 0 Å². The largest absolute Gasteiger partial charge is 0.256 e. The van der Waals surface area contributed by atoms with Crippen LogP contribution in [-0.4, -0.2) is 15.4 Å². The molecule has 1 aromatic heterocycles. The summed E-state index contributed by atoms with van der Waals surface area (Å²) < 4.78 is 17.5. The Morgan fingerprint density at radius 2 is 1.55 bits per heavy atom. The Kier molecular flexibility index (Phi) is 4.02. The van der Waals surface area contributed by atoms with Gasteiger partial charge in [-0.25, -0.2) is 4.21 Å². The zero-order valence-electron chi connectivity index (χ0n) is 12.2. The van der Waals surface area contributed by atoms with Crippen LogP contribution >= 0.6 is 0 Å².